The highest BCUT2D eigenvalue weighted by Crippen LogP contribution is 2.34. The highest BCUT2D eigenvalue weighted by atomic mass is 32.1. The van der Waals surface area contributed by atoms with Crippen LogP contribution in [0.4, 0.5) is 4.79 Å². The predicted octanol–water partition coefficient (Wildman–Crippen LogP) is 2.78. The molecule has 1 unspecified atom stereocenters. The smallest absolute Gasteiger partial charge is 0.324 e. The molecular weight excluding hydrogens is 350 g/mol. The molecule has 134 valence electrons. The van der Waals surface area contributed by atoms with Crippen LogP contribution in [0.15, 0.2) is 41.1 Å². The molecule has 0 spiro atoms. The molecule has 0 bridgehead atoms. The molecule has 1 atom stereocenters. The number of hydrogen-bond acceptors (Lipinski definition) is 4. The van der Waals surface area contributed by atoms with E-state index >= 15 is 0 Å². The summed E-state index contributed by atoms with van der Waals surface area (Å²) in [5.74, 6) is -0.249. The molecule has 26 heavy (non-hydrogen) atoms. The summed E-state index contributed by atoms with van der Waals surface area (Å²) in [6, 6.07) is 9.03. The van der Waals surface area contributed by atoms with E-state index in [4.69, 9.17) is 0 Å². The zero-order valence-electron chi connectivity index (χ0n) is 14.2. The third-order valence-corrected chi connectivity index (χ3v) is 5.59. The Bertz CT molecular complexity index is 833. The first-order valence-corrected chi connectivity index (χ1v) is 9.58. The number of carbonyl (C=O) groups is 3. The van der Waals surface area contributed by atoms with Crippen molar-refractivity contribution in [1.29, 1.82) is 0 Å². The van der Waals surface area contributed by atoms with E-state index in [1.807, 2.05) is 16.3 Å². The molecule has 7 heteroatoms. The molecule has 6 nitrogen and oxygen atoms in total. The van der Waals surface area contributed by atoms with Crippen molar-refractivity contribution in [3.8, 4) is 0 Å². The van der Waals surface area contributed by atoms with Gasteiger partial charge in [0.15, 0.2) is 0 Å². The van der Waals surface area contributed by atoms with Gasteiger partial charge in [0.1, 0.15) is 0 Å². The van der Waals surface area contributed by atoms with E-state index in [-0.39, 0.29) is 37.0 Å². The first-order valence-electron chi connectivity index (χ1n) is 8.63. The number of nitrogens with zero attached hydrogens (tertiary/aromatic N) is 2. The predicted molar refractivity (Wildman–Crippen MR) is 97.7 cm³/mol. The molecule has 4 rings (SSSR count). The van der Waals surface area contributed by atoms with Gasteiger partial charge < -0.3 is 10.2 Å². The van der Waals surface area contributed by atoms with E-state index in [0.29, 0.717) is 5.56 Å². The summed E-state index contributed by atoms with van der Waals surface area (Å²) >= 11 is 1.64. The lowest BCUT2D eigenvalue weighted by atomic mass is 10.1. The van der Waals surface area contributed by atoms with Crippen LogP contribution in [0.25, 0.3) is 0 Å². The van der Waals surface area contributed by atoms with Gasteiger partial charge in [0, 0.05) is 12.1 Å². The second kappa shape index (κ2) is 6.92. The Kier molecular flexibility index (Phi) is 4.46. The van der Waals surface area contributed by atoms with Gasteiger partial charge in [0.05, 0.1) is 19.1 Å². The number of carbonyl (C=O) groups excluding carboxylic acids is 3. The van der Waals surface area contributed by atoms with Gasteiger partial charge in [-0.3, -0.25) is 14.5 Å². The van der Waals surface area contributed by atoms with Crippen molar-refractivity contribution < 1.29 is 14.4 Å². The van der Waals surface area contributed by atoms with Crippen molar-refractivity contribution in [3.63, 3.8) is 0 Å². The van der Waals surface area contributed by atoms with E-state index in [2.05, 4.69) is 16.8 Å². The number of rotatable bonds is 4. The fourth-order valence-electron chi connectivity index (χ4n) is 3.59. The Balaban J connectivity index is 1.53. The quantitative estimate of drug-likeness (QED) is 0.843. The lowest BCUT2D eigenvalue weighted by Crippen LogP contribution is -2.31. The average Bonchev–Trinajstić information content (AvgIpc) is 3.39. The van der Waals surface area contributed by atoms with Crippen molar-refractivity contribution in [3.05, 3.63) is 57.8 Å². The van der Waals surface area contributed by atoms with Crippen LogP contribution >= 0.6 is 11.3 Å². The summed E-state index contributed by atoms with van der Waals surface area (Å²) in [5.41, 5.74) is 2.56. The monoisotopic (exact) mass is 369 g/mol. The zero-order chi connectivity index (χ0) is 18.1. The lowest BCUT2D eigenvalue weighted by Gasteiger charge is -2.24. The molecule has 2 saturated heterocycles. The van der Waals surface area contributed by atoms with Crippen LogP contribution in [-0.2, 0) is 11.3 Å². The molecule has 2 aliphatic heterocycles. The summed E-state index contributed by atoms with van der Waals surface area (Å²) in [6.07, 6.45) is 1.97. The molecule has 0 saturated carbocycles. The second-order valence-electron chi connectivity index (χ2n) is 6.55. The minimum atomic E-state index is -0.385. The normalized spacial score (nSPS) is 19.9. The number of amides is 4. The molecule has 4 amide bonds. The minimum absolute atomic E-state index is 0.00208. The fourth-order valence-corrected chi connectivity index (χ4v) is 4.29. The average molecular weight is 369 g/mol. The molecule has 2 fully saturated rings. The highest BCUT2D eigenvalue weighted by molar-refractivity contribution is 7.08. The van der Waals surface area contributed by atoms with Gasteiger partial charge in [-0.15, -0.1) is 0 Å². The number of benzene rings is 1. The van der Waals surface area contributed by atoms with Crippen LogP contribution < -0.4 is 5.32 Å². The fraction of sp³-hybridized carbons (Fsp3) is 0.316. The molecule has 1 N–H and O–H groups in total. The van der Waals surface area contributed by atoms with E-state index in [0.717, 1.165) is 24.9 Å². The number of urea groups is 1. The van der Waals surface area contributed by atoms with Crippen LogP contribution in [0.3, 0.4) is 0 Å². The van der Waals surface area contributed by atoms with Crippen LogP contribution in [-0.4, -0.2) is 40.7 Å². The molecule has 0 radical (unpaired) electrons. The van der Waals surface area contributed by atoms with Crippen LogP contribution in [0.2, 0.25) is 0 Å². The number of hydrogen-bond donors (Lipinski definition) is 1. The van der Waals surface area contributed by atoms with E-state index in [1.165, 1.54) is 10.5 Å². The second-order valence-corrected chi connectivity index (χ2v) is 7.33. The minimum Gasteiger partial charge on any atom is -0.332 e. The van der Waals surface area contributed by atoms with Gasteiger partial charge in [-0.2, -0.15) is 11.3 Å². The molecule has 1 aromatic heterocycles. The summed E-state index contributed by atoms with van der Waals surface area (Å²) in [7, 11) is 0. The zero-order valence-corrected chi connectivity index (χ0v) is 15.0. The third kappa shape index (κ3) is 3.10. The number of imide groups is 1. The van der Waals surface area contributed by atoms with Crippen LogP contribution in [0.5, 0.6) is 0 Å². The molecule has 2 aromatic rings. The molecule has 0 aliphatic carbocycles. The van der Waals surface area contributed by atoms with Crippen molar-refractivity contribution in [2.24, 2.45) is 0 Å². The summed E-state index contributed by atoms with van der Waals surface area (Å²) in [5, 5.41) is 6.64. The van der Waals surface area contributed by atoms with Gasteiger partial charge in [-0.05, 0) is 52.9 Å². The Labute approximate surface area is 155 Å². The van der Waals surface area contributed by atoms with Crippen molar-refractivity contribution in [1.82, 2.24) is 15.1 Å². The standard InChI is InChI=1S/C19H19N3O3S/c23-17-10-20-19(25)22(17)11-13-3-1-4-14(9-13)18(24)21-7-2-5-16(21)15-6-8-26-12-15/h1,3-4,6,8-9,12,16H,2,5,7,10-11H2,(H,20,25). The highest BCUT2D eigenvalue weighted by Gasteiger charge is 2.31. The summed E-state index contributed by atoms with van der Waals surface area (Å²) < 4.78 is 0. The maximum atomic E-state index is 13.0. The van der Waals surface area contributed by atoms with E-state index < -0.39 is 0 Å². The molecule has 2 aliphatic rings. The first-order chi connectivity index (χ1) is 12.6. The Morgan fingerprint density at radius 1 is 1.27 bits per heavy atom. The van der Waals surface area contributed by atoms with Crippen molar-refractivity contribution in [2.45, 2.75) is 25.4 Å². The van der Waals surface area contributed by atoms with Crippen molar-refractivity contribution in [2.75, 3.05) is 13.1 Å². The molecule has 1 aromatic carbocycles. The number of thiophene rings is 1. The maximum Gasteiger partial charge on any atom is 0.324 e. The van der Waals surface area contributed by atoms with Gasteiger partial charge in [0.2, 0.25) is 5.91 Å². The summed E-state index contributed by atoms with van der Waals surface area (Å²) in [4.78, 5) is 39.6. The van der Waals surface area contributed by atoms with Gasteiger partial charge in [-0.1, -0.05) is 12.1 Å². The Morgan fingerprint density at radius 3 is 2.88 bits per heavy atom. The molecule has 3 heterocycles. The number of likely N-dealkylation sites (tertiary alicyclic amines) is 1. The van der Waals surface area contributed by atoms with Gasteiger partial charge in [-0.25, -0.2) is 4.79 Å². The Morgan fingerprint density at radius 2 is 2.15 bits per heavy atom. The third-order valence-electron chi connectivity index (χ3n) is 4.89. The van der Waals surface area contributed by atoms with E-state index in [1.54, 1.807) is 29.5 Å². The Hall–Kier alpha value is -2.67. The topological polar surface area (TPSA) is 69.7 Å². The van der Waals surface area contributed by atoms with Crippen LogP contribution in [0, 0.1) is 0 Å². The van der Waals surface area contributed by atoms with E-state index in [9.17, 15) is 14.4 Å². The first kappa shape index (κ1) is 16.8. The summed E-state index contributed by atoms with van der Waals surface area (Å²) in [6.45, 7) is 0.962. The largest absolute Gasteiger partial charge is 0.332 e. The number of nitrogens with one attached hydrogen (secondary N) is 1. The van der Waals surface area contributed by atoms with Crippen molar-refractivity contribution >= 4 is 29.2 Å². The van der Waals surface area contributed by atoms with Gasteiger partial charge >= 0.3 is 6.03 Å². The molecular formula is C19H19N3O3S. The lowest BCUT2D eigenvalue weighted by molar-refractivity contribution is -0.125. The van der Waals surface area contributed by atoms with Crippen LogP contribution in [0.1, 0.15) is 40.4 Å². The van der Waals surface area contributed by atoms with Gasteiger partial charge in [0.25, 0.3) is 5.91 Å². The SMILES string of the molecule is O=C1CNC(=O)N1Cc1cccc(C(=O)N2CCCC2c2ccsc2)c1. The maximum absolute atomic E-state index is 13.0.